The lowest BCUT2D eigenvalue weighted by Gasteiger charge is -1.70. The summed E-state index contributed by atoms with van der Waals surface area (Å²) in [6.07, 6.45) is 11.4. The summed E-state index contributed by atoms with van der Waals surface area (Å²) >= 11 is 0. The molecule has 0 saturated carbocycles. The highest BCUT2D eigenvalue weighted by atomic mass is 13.7. The third-order valence-electron chi connectivity index (χ3n) is 0.776. The van der Waals surface area contributed by atoms with Gasteiger partial charge in [0.1, 0.15) is 0 Å². The molecule has 0 saturated heterocycles. The van der Waals surface area contributed by atoms with Gasteiger partial charge in [0.15, 0.2) is 0 Å². The second-order valence-electron chi connectivity index (χ2n) is 1.39. The smallest absolute Gasteiger partial charge is 0.0115 e. The predicted molar refractivity (Wildman–Crippen MR) is 34.4 cm³/mol. The highest BCUT2D eigenvalue weighted by molar-refractivity contribution is 5.17. The maximum Gasteiger partial charge on any atom is -0.0115 e. The Kier molecular flexibility index (Phi) is 1.77. The molecule has 0 heterocycles. The minimum absolute atomic E-state index is 1.82. The molecule has 0 N–H and O–H groups in total. The van der Waals surface area contributed by atoms with Crippen LogP contribution in [0.4, 0.5) is 0 Å². The van der Waals surface area contributed by atoms with Gasteiger partial charge in [-0.05, 0) is 12.2 Å². The first-order chi connectivity index (χ1) is 4.00. The van der Waals surface area contributed by atoms with Gasteiger partial charge in [0, 0.05) is 0 Å². The van der Waals surface area contributed by atoms with Crippen LogP contribution in [0, 0.1) is 0 Å². The van der Waals surface area contributed by atoms with Gasteiger partial charge in [0.2, 0.25) is 0 Å². The molecule has 0 aromatic heterocycles. The molecular weight excluding hydrogens is 96.1 g/mol. The third kappa shape index (κ3) is 1.49. The molecule has 1 aliphatic rings. The molecule has 0 amide bonds. The Morgan fingerprint density at radius 3 is 1.62 bits per heavy atom. The minimum atomic E-state index is 1.82. The molecule has 8 heavy (non-hydrogen) atoms. The lowest BCUT2D eigenvalue weighted by Crippen LogP contribution is -1.50. The molecule has 0 spiro atoms. The number of hydrogen-bond donors (Lipinski definition) is 0. The van der Waals surface area contributed by atoms with Crippen LogP contribution < -0.4 is 0 Å². The first-order valence-corrected chi connectivity index (χ1v) is 2.49. The summed E-state index contributed by atoms with van der Waals surface area (Å²) in [7, 11) is 0. The molecule has 0 nitrogen and oxygen atoms in total. The van der Waals surface area contributed by atoms with Crippen LogP contribution >= 0.6 is 0 Å². The molecule has 1 aliphatic carbocycles. The van der Waals surface area contributed by atoms with Gasteiger partial charge in [-0.1, -0.05) is 35.8 Å². The maximum atomic E-state index is 2.82. The number of allylic oxidation sites excluding steroid dienone is 6. The van der Waals surface area contributed by atoms with Crippen molar-refractivity contribution in [3.8, 4) is 0 Å². The van der Waals surface area contributed by atoms with Crippen LogP contribution in [-0.4, -0.2) is 0 Å². The molecule has 0 unspecified atom stereocenters. The van der Waals surface area contributed by atoms with Gasteiger partial charge in [0.05, 0.1) is 0 Å². The van der Waals surface area contributed by atoms with Gasteiger partial charge in [-0.2, -0.15) is 0 Å². The van der Waals surface area contributed by atoms with Gasteiger partial charge in [-0.25, -0.2) is 0 Å². The van der Waals surface area contributed by atoms with Crippen LogP contribution in [0.25, 0.3) is 0 Å². The Morgan fingerprint density at radius 2 is 1.12 bits per heavy atom. The van der Waals surface area contributed by atoms with Crippen molar-refractivity contribution in [2.75, 3.05) is 0 Å². The van der Waals surface area contributed by atoms with Crippen LogP contribution in [0.1, 0.15) is 0 Å². The quantitative estimate of drug-likeness (QED) is 0.410. The monoisotopic (exact) mass is 102 g/mol. The fraction of sp³-hybridized carbons (Fsp3) is 0. The summed E-state index contributed by atoms with van der Waals surface area (Å²) in [5.74, 6) is 0. The highest BCUT2D eigenvalue weighted by Crippen LogP contribution is 1.81. The topological polar surface area (TPSA) is 0 Å². The average Bonchev–Trinajstić information content (AvgIpc) is 1.62. The Hall–Kier alpha value is -1.22. The molecule has 1 rings (SSSR count). The lowest BCUT2D eigenvalue weighted by atomic mass is 10.4. The van der Waals surface area contributed by atoms with E-state index in [1.54, 1.807) is 0 Å². The van der Waals surface area contributed by atoms with Crippen molar-refractivity contribution >= 4 is 0 Å². The lowest BCUT2D eigenvalue weighted by molar-refractivity contribution is 1.86. The third-order valence-corrected chi connectivity index (χ3v) is 0.776. The molecule has 0 heteroatoms. The molecule has 0 aliphatic heterocycles. The first-order valence-electron chi connectivity index (χ1n) is 2.49. The summed E-state index contributed by atoms with van der Waals surface area (Å²) in [5.41, 5.74) is 5.64. The molecule has 0 bridgehead atoms. The molecular formula is C8H6. The van der Waals surface area contributed by atoms with Crippen LogP contribution in [0.3, 0.4) is 0 Å². The highest BCUT2D eigenvalue weighted by Gasteiger charge is 1.61. The fourth-order valence-corrected chi connectivity index (χ4v) is 0.432. The Balaban J connectivity index is 2.98. The van der Waals surface area contributed by atoms with Gasteiger partial charge < -0.3 is 0 Å². The van der Waals surface area contributed by atoms with Crippen molar-refractivity contribution in [2.45, 2.75) is 0 Å². The SMILES string of the molecule is C1=C=CC=CC=CC=1. The van der Waals surface area contributed by atoms with E-state index in [1.165, 1.54) is 0 Å². The van der Waals surface area contributed by atoms with Crippen LogP contribution in [0.2, 0.25) is 0 Å². The maximum absolute atomic E-state index is 2.82. The van der Waals surface area contributed by atoms with E-state index in [4.69, 9.17) is 0 Å². The summed E-state index contributed by atoms with van der Waals surface area (Å²) in [6.45, 7) is 0. The summed E-state index contributed by atoms with van der Waals surface area (Å²) in [4.78, 5) is 0. The standard InChI is InChI=1S/C8H6/c1-2-4-6-8-7-5-3-1/h1-6H. The van der Waals surface area contributed by atoms with Crippen molar-refractivity contribution in [1.82, 2.24) is 0 Å². The van der Waals surface area contributed by atoms with E-state index in [0.29, 0.717) is 0 Å². The average molecular weight is 102 g/mol. The number of rotatable bonds is 0. The van der Waals surface area contributed by atoms with Crippen LogP contribution in [0.15, 0.2) is 47.9 Å². The molecule has 0 aromatic carbocycles. The largest absolute Gasteiger partial charge is 0.0702 e. The zero-order valence-corrected chi connectivity index (χ0v) is 4.46. The molecule has 0 aromatic rings. The Bertz CT molecular complexity index is 180. The number of hydrogen-bond acceptors (Lipinski definition) is 0. The van der Waals surface area contributed by atoms with Gasteiger partial charge in [-0.15, -0.1) is 0 Å². The normalized spacial score (nSPS) is 14.0. The van der Waals surface area contributed by atoms with E-state index < -0.39 is 0 Å². The zero-order valence-electron chi connectivity index (χ0n) is 4.46. The van der Waals surface area contributed by atoms with E-state index in [1.807, 2.05) is 36.5 Å². The van der Waals surface area contributed by atoms with Gasteiger partial charge in [0.25, 0.3) is 0 Å². The second kappa shape index (κ2) is 2.87. The van der Waals surface area contributed by atoms with Crippen molar-refractivity contribution < 1.29 is 0 Å². The van der Waals surface area contributed by atoms with Crippen molar-refractivity contribution in [2.24, 2.45) is 0 Å². The van der Waals surface area contributed by atoms with Crippen molar-refractivity contribution in [1.29, 1.82) is 0 Å². The van der Waals surface area contributed by atoms with E-state index in [-0.39, 0.29) is 0 Å². The molecule has 0 fully saturated rings. The second-order valence-corrected chi connectivity index (χ2v) is 1.39. The van der Waals surface area contributed by atoms with Crippen molar-refractivity contribution in [3.05, 3.63) is 47.9 Å². The minimum Gasteiger partial charge on any atom is -0.0702 e. The predicted octanol–water partition coefficient (Wildman–Crippen LogP) is 1.98. The first kappa shape index (κ1) is 4.93. The zero-order chi connectivity index (χ0) is 5.66. The van der Waals surface area contributed by atoms with Crippen molar-refractivity contribution in [3.63, 3.8) is 0 Å². The van der Waals surface area contributed by atoms with E-state index in [2.05, 4.69) is 11.5 Å². The van der Waals surface area contributed by atoms with Gasteiger partial charge >= 0.3 is 0 Å². The summed E-state index contributed by atoms with van der Waals surface area (Å²) in [6, 6.07) is 0. The Labute approximate surface area is 48.8 Å². The molecule has 0 atom stereocenters. The summed E-state index contributed by atoms with van der Waals surface area (Å²) in [5, 5.41) is 0. The Morgan fingerprint density at radius 1 is 0.625 bits per heavy atom. The fourth-order valence-electron chi connectivity index (χ4n) is 0.432. The van der Waals surface area contributed by atoms with E-state index in [0.717, 1.165) is 0 Å². The summed E-state index contributed by atoms with van der Waals surface area (Å²) < 4.78 is 0. The van der Waals surface area contributed by atoms with Crippen LogP contribution in [0.5, 0.6) is 0 Å². The van der Waals surface area contributed by atoms with E-state index >= 15 is 0 Å². The van der Waals surface area contributed by atoms with Gasteiger partial charge in [-0.3, -0.25) is 0 Å². The van der Waals surface area contributed by atoms with E-state index in [9.17, 15) is 0 Å². The van der Waals surface area contributed by atoms with Crippen LogP contribution in [-0.2, 0) is 0 Å². The molecule has 38 valence electrons. The molecule has 0 radical (unpaired) electrons.